The van der Waals surface area contributed by atoms with E-state index >= 15 is 0 Å². The summed E-state index contributed by atoms with van der Waals surface area (Å²) in [6.07, 6.45) is 1.79. The van der Waals surface area contributed by atoms with Gasteiger partial charge in [-0.25, -0.2) is 0 Å². The lowest BCUT2D eigenvalue weighted by atomic mass is 10.4. The van der Waals surface area contributed by atoms with Crippen molar-refractivity contribution in [2.75, 3.05) is 32.2 Å². The van der Waals surface area contributed by atoms with Gasteiger partial charge in [-0.15, -0.1) is 11.6 Å². The number of nitrogens with zero attached hydrogens (tertiary/aromatic N) is 1. The van der Waals surface area contributed by atoms with Gasteiger partial charge >= 0.3 is 0 Å². The Bertz CT molecular complexity index is 153. The molecule has 0 unspecified atom stereocenters. The summed E-state index contributed by atoms with van der Waals surface area (Å²) in [6, 6.07) is 0. The molecule has 0 aliphatic heterocycles. The van der Waals surface area contributed by atoms with Crippen LogP contribution < -0.4 is 0 Å². The Kier molecular flexibility index (Phi) is 9.10. The molecule has 0 N–H and O–H groups in total. The summed E-state index contributed by atoms with van der Waals surface area (Å²) in [5.41, 5.74) is 0. The molecular formula is C10H20ClNO2. The molecule has 0 atom stereocenters. The van der Waals surface area contributed by atoms with Crippen LogP contribution >= 0.6 is 11.6 Å². The van der Waals surface area contributed by atoms with Gasteiger partial charge in [-0.3, -0.25) is 4.79 Å². The zero-order valence-corrected chi connectivity index (χ0v) is 9.85. The van der Waals surface area contributed by atoms with Gasteiger partial charge in [0.25, 0.3) is 0 Å². The van der Waals surface area contributed by atoms with Gasteiger partial charge in [0.1, 0.15) is 6.61 Å². The normalized spacial score (nSPS) is 10.2. The molecule has 0 aromatic rings. The van der Waals surface area contributed by atoms with Crippen LogP contribution in [0.25, 0.3) is 0 Å². The Morgan fingerprint density at radius 1 is 1.43 bits per heavy atom. The standard InChI is InChI=1S/C10H20ClNO2/c1-3-8-14-9-10(13)12(4-2)7-5-6-11/h3-9H2,1-2H3. The Hall–Kier alpha value is -0.280. The summed E-state index contributed by atoms with van der Waals surface area (Å²) < 4.78 is 5.18. The van der Waals surface area contributed by atoms with Crippen molar-refractivity contribution in [2.24, 2.45) is 0 Å². The Labute approximate surface area is 91.4 Å². The fourth-order valence-electron chi connectivity index (χ4n) is 1.10. The Balaban J connectivity index is 3.67. The minimum absolute atomic E-state index is 0.0612. The Morgan fingerprint density at radius 2 is 2.14 bits per heavy atom. The molecule has 0 heterocycles. The summed E-state index contributed by atoms with van der Waals surface area (Å²) in [4.78, 5) is 13.3. The number of hydrogen-bond acceptors (Lipinski definition) is 2. The number of hydrogen-bond donors (Lipinski definition) is 0. The minimum Gasteiger partial charge on any atom is -0.372 e. The van der Waals surface area contributed by atoms with Crippen LogP contribution in [0.15, 0.2) is 0 Å². The van der Waals surface area contributed by atoms with E-state index in [4.69, 9.17) is 16.3 Å². The van der Waals surface area contributed by atoms with Crippen molar-refractivity contribution in [1.82, 2.24) is 4.90 Å². The van der Waals surface area contributed by atoms with E-state index in [1.54, 1.807) is 4.90 Å². The van der Waals surface area contributed by atoms with Crippen molar-refractivity contribution in [3.8, 4) is 0 Å². The second-order valence-corrected chi connectivity index (χ2v) is 3.45. The smallest absolute Gasteiger partial charge is 0.248 e. The number of carbonyl (C=O) groups is 1. The van der Waals surface area contributed by atoms with Crippen LogP contribution in [-0.2, 0) is 9.53 Å². The maximum Gasteiger partial charge on any atom is 0.248 e. The molecule has 0 radical (unpaired) electrons. The second kappa shape index (κ2) is 9.28. The molecule has 3 nitrogen and oxygen atoms in total. The first-order valence-corrected chi connectivity index (χ1v) is 5.71. The van der Waals surface area contributed by atoms with E-state index in [9.17, 15) is 4.79 Å². The van der Waals surface area contributed by atoms with Crippen LogP contribution in [0.2, 0.25) is 0 Å². The van der Waals surface area contributed by atoms with Crippen molar-refractivity contribution >= 4 is 17.5 Å². The molecule has 0 bridgehead atoms. The van der Waals surface area contributed by atoms with E-state index in [0.29, 0.717) is 12.5 Å². The van der Waals surface area contributed by atoms with Crippen LogP contribution in [-0.4, -0.2) is 43.0 Å². The third-order valence-electron chi connectivity index (χ3n) is 1.87. The largest absolute Gasteiger partial charge is 0.372 e. The number of rotatable bonds is 8. The molecule has 0 spiro atoms. The molecule has 4 heteroatoms. The van der Waals surface area contributed by atoms with Crippen LogP contribution in [0.4, 0.5) is 0 Å². The molecule has 0 aliphatic rings. The molecule has 1 amide bonds. The van der Waals surface area contributed by atoms with Crippen LogP contribution in [0, 0.1) is 0 Å². The molecule has 14 heavy (non-hydrogen) atoms. The van der Waals surface area contributed by atoms with E-state index in [1.165, 1.54) is 0 Å². The first kappa shape index (κ1) is 13.7. The summed E-state index contributed by atoms with van der Waals surface area (Å²) in [6.45, 7) is 6.30. The van der Waals surface area contributed by atoms with Gasteiger partial charge in [0.05, 0.1) is 0 Å². The summed E-state index contributed by atoms with van der Waals surface area (Å²) in [5.74, 6) is 0.658. The predicted octanol–water partition coefficient (Wildman–Crippen LogP) is 1.89. The molecule has 0 rings (SSSR count). The lowest BCUT2D eigenvalue weighted by molar-refractivity contribution is -0.135. The average molecular weight is 222 g/mol. The molecule has 0 aromatic heterocycles. The zero-order valence-electron chi connectivity index (χ0n) is 9.09. The molecule has 0 fully saturated rings. The highest BCUT2D eigenvalue weighted by atomic mass is 35.5. The van der Waals surface area contributed by atoms with Gasteiger partial charge in [-0.05, 0) is 19.8 Å². The number of alkyl halides is 1. The van der Waals surface area contributed by atoms with E-state index in [0.717, 1.165) is 25.9 Å². The van der Waals surface area contributed by atoms with E-state index < -0.39 is 0 Å². The van der Waals surface area contributed by atoms with Gasteiger partial charge in [0.15, 0.2) is 0 Å². The van der Waals surface area contributed by atoms with Crippen LogP contribution in [0.5, 0.6) is 0 Å². The topological polar surface area (TPSA) is 29.5 Å². The Morgan fingerprint density at radius 3 is 2.64 bits per heavy atom. The van der Waals surface area contributed by atoms with Gasteiger partial charge in [0, 0.05) is 25.6 Å². The molecule has 0 aliphatic carbocycles. The SMILES string of the molecule is CCCOCC(=O)N(CC)CCCCl. The average Bonchev–Trinajstić information content (AvgIpc) is 2.19. The molecular weight excluding hydrogens is 202 g/mol. The first-order valence-electron chi connectivity index (χ1n) is 5.17. The number of halogens is 1. The number of ether oxygens (including phenoxy) is 1. The lowest BCUT2D eigenvalue weighted by Crippen LogP contribution is -2.34. The van der Waals surface area contributed by atoms with Crippen molar-refractivity contribution < 1.29 is 9.53 Å². The van der Waals surface area contributed by atoms with Gasteiger partial charge in [0.2, 0.25) is 5.91 Å². The summed E-state index contributed by atoms with van der Waals surface area (Å²) in [5, 5.41) is 0. The van der Waals surface area contributed by atoms with E-state index in [1.807, 2.05) is 13.8 Å². The van der Waals surface area contributed by atoms with E-state index in [2.05, 4.69) is 0 Å². The van der Waals surface area contributed by atoms with E-state index in [-0.39, 0.29) is 12.5 Å². The number of likely N-dealkylation sites (N-methyl/N-ethyl adjacent to an activating group) is 1. The minimum atomic E-state index is 0.0612. The number of amides is 1. The quantitative estimate of drug-likeness (QED) is 0.463. The summed E-state index contributed by atoms with van der Waals surface area (Å²) >= 11 is 5.56. The third kappa shape index (κ3) is 6.22. The predicted molar refractivity (Wildman–Crippen MR) is 58.7 cm³/mol. The first-order chi connectivity index (χ1) is 6.76. The monoisotopic (exact) mass is 221 g/mol. The van der Waals surface area contributed by atoms with Gasteiger partial charge in [-0.2, -0.15) is 0 Å². The third-order valence-corrected chi connectivity index (χ3v) is 2.14. The number of carbonyl (C=O) groups excluding carboxylic acids is 1. The van der Waals surface area contributed by atoms with Crippen molar-refractivity contribution in [1.29, 1.82) is 0 Å². The zero-order chi connectivity index (χ0) is 10.8. The lowest BCUT2D eigenvalue weighted by Gasteiger charge is -2.20. The van der Waals surface area contributed by atoms with Gasteiger partial charge in [-0.1, -0.05) is 6.92 Å². The molecule has 84 valence electrons. The summed E-state index contributed by atoms with van der Waals surface area (Å²) in [7, 11) is 0. The molecule has 0 aromatic carbocycles. The molecule has 0 saturated heterocycles. The highest BCUT2D eigenvalue weighted by Crippen LogP contribution is 1.95. The molecule has 0 saturated carbocycles. The van der Waals surface area contributed by atoms with Gasteiger partial charge < -0.3 is 9.64 Å². The van der Waals surface area contributed by atoms with Crippen LogP contribution in [0.3, 0.4) is 0 Å². The van der Waals surface area contributed by atoms with Crippen molar-refractivity contribution in [3.05, 3.63) is 0 Å². The second-order valence-electron chi connectivity index (χ2n) is 3.07. The fraction of sp³-hybridized carbons (Fsp3) is 0.900. The maximum atomic E-state index is 11.5. The van der Waals surface area contributed by atoms with Crippen molar-refractivity contribution in [3.63, 3.8) is 0 Å². The highest BCUT2D eigenvalue weighted by Gasteiger charge is 2.10. The highest BCUT2D eigenvalue weighted by molar-refractivity contribution is 6.17. The van der Waals surface area contributed by atoms with Crippen molar-refractivity contribution in [2.45, 2.75) is 26.7 Å². The van der Waals surface area contributed by atoms with Crippen LogP contribution in [0.1, 0.15) is 26.7 Å². The fourth-order valence-corrected chi connectivity index (χ4v) is 1.22. The maximum absolute atomic E-state index is 11.5.